The molecule has 108 valence electrons. The van der Waals surface area contributed by atoms with Gasteiger partial charge in [0.1, 0.15) is 0 Å². The van der Waals surface area contributed by atoms with Crippen molar-refractivity contribution in [2.45, 2.75) is 57.7 Å². The summed E-state index contributed by atoms with van der Waals surface area (Å²) in [5.74, 6) is 0.260. The molecule has 0 spiro atoms. The summed E-state index contributed by atoms with van der Waals surface area (Å²) < 4.78 is 0. The molecule has 3 rings (SSSR count). The van der Waals surface area contributed by atoms with Crippen LogP contribution in [0.15, 0.2) is 18.3 Å². The van der Waals surface area contributed by atoms with Crippen LogP contribution in [0.5, 0.6) is 0 Å². The second kappa shape index (κ2) is 5.92. The Labute approximate surface area is 120 Å². The predicted molar refractivity (Wildman–Crippen MR) is 78.2 cm³/mol. The fourth-order valence-electron chi connectivity index (χ4n) is 2.90. The van der Waals surface area contributed by atoms with Gasteiger partial charge in [-0.2, -0.15) is 0 Å². The highest BCUT2D eigenvalue weighted by Crippen LogP contribution is 2.23. The number of aromatic nitrogens is 1. The van der Waals surface area contributed by atoms with Crippen LogP contribution in [0.4, 0.5) is 0 Å². The van der Waals surface area contributed by atoms with E-state index in [1.54, 1.807) is 0 Å². The highest BCUT2D eigenvalue weighted by atomic mass is 16.2. The molecule has 4 heteroatoms. The second-order valence-electron chi connectivity index (χ2n) is 5.86. The highest BCUT2D eigenvalue weighted by molar-refractivity contribution is 5.82. The number of nitrogens with one attached hydrogen (secondary N) is 1. The summed E-state index contributed by atoms with van der Waals surface area (Å²) >= 11 is 0. The molecule has 0 aromatic carbocycles. The Balaban J connectivity index is 1.67. The van der Waals surface area contributed by atoms with Gasteiger partial charge in [-0.15, -0.1) is 0 Å². The number of aryl methyl sites for hydroxylation is 1. The summed E-state index contributed by atoms with van der Waals surface area (Å²) in [5, 5.41) is 3.48. The van der Waals surface area contributed by atoms with Gasteiger partial charge in [0.25, 0.3) is 0 Å². The van der Waals surface area contributed by atoms with E-state index in [2.05, 4.69) is 23.3 Å². The molecular weight excluding hydrogens is 250 g/mol. The number of carbonyl (C=O) groups excluding carboxylic acids is 1. The SMILES string of the molecule is CCc1cccnc1CN1CCCC(NC2CC2)C1=O. The number of carbonyl (C=O) groups is 1. The van der Waals surface area contributed by atoms with Crippen molar-refractivity contribution in [3.63, 3.8) is 0 Å². The van der Waals surface area contributed by atoms with Crippen molar-refractivity contribution in [2.24, 2.45) is 0 Å². The number of hydrogen-bond acceptors (Lipinski definition) is 3. The normalized spacial score (nSPS) is 23.1. The molecule has 1 N–H and O–H groups in total. The lowest BCUT2D eigenvalue weighted by atomic mass is 10.0. The molecular formula is C16H23N3O. The molecule has 1 atom stereocenters. The Bertz CT molecular complexity index is 484. The molecule has 1 saturated heterocycles. The van der Waals surface area contributed by atoms with E-state index in [-0.39, 0.29) is 11.9 Å². The summed E-state index contributed by atoms with van der Waals surface area (Å²) in [7, 11) is 0. The summed E-state index contributed by atoms with van der Waals surface area (Å²) in [6.45, 7) is 3.66. The molecule has 1 aliphatic heterocycles. The fraction of sp³-hybridized carbons (Fsp3) is 0.625. The van der Waals surface area contributed by atoms with Crippen molar-refractivity contribution in [1.29, 1.82) is 0 Å². The highest BCUT2D eigenvalue weighted by Gasteiger charge is 2.33. The van der Waals surface area contributed by atoms with Gasteiger partial charge in [-0.25, -0.2) is 0 Å². The molecule has 1 unspecified atom stereocenters. The van der Waals surface area contributed by atoms with E-state index in [1.165, 1.54) is 18.4 Å². The molecule has 1 saturated carbocycles. The average molecular weight is 273 g/mol. The van der Waals surface area contributed by atoms with Gasteiger partial charge >= 0.3 is 0 Å². The molecule has 1 amide bonds. The van der Waals surface area contributed by atoms with Crippen molar-refractivity contribution in [3.05, 3.63) is 29.6 Å². The number of nitrogens with zero attached hydrogens (tertiary/aromatic N) is 2. The van der Waals surface area contributed by atoms with Gasteiger partial charge in [-0.1, -0.05) is 13.0 Å². The number of hydrogen-bond donors (Lipinski definition) is 1. The Morgan fingerprint density at radius 3 is 3.00 bits per heavy atom. The summed E-state index contributed by atoms with van der Waals surface area (Å²) in [5.41, 5.74) is 2.30. The van der Waals surface area contributed by atoms with Crippen LogP contribution in [0.3, 0.4) is 0 Å². The Kier molecular flexibility index (Phi) is 4.01. The van der Waals surface area contributed by atoms with Crippen LogP contribution in [0.1, 0.15) is 43.9 Å². The zero-order valence-corrected chi connectivity index (χ0v) is 12.1. The third kappa shape index (κ3) is 3.01. The summed E-state index contributed by atoms with van der Waals surface area (Å²) in [4.78, 5) is 19.0. The standard InChI is InChI=1S/C16H23N3O/c1-2-12-5-3-9-17-15(12)11-19-10-4-6-14(16(19)20)18-13-7-8-13/h3,5,9,13-14,18H,2,4,6-8,10-11H2,1H3. The van der Waals surface area contributed by atoms with Crippen LogP contribution in [0.25, 0.3) is 0 Å². The third-order valence-corrected chi connectivity index (χ3v) is 4.25. The molecule has 1 aliphatic carbocycles. The minimum atomic E-state index is 0.0324. The first-order valence-electron chi connectivity index (χ1n) is 7.75. The number of likely N-dealkylation sites (tertiary alicyclic amines) is 1. The largest absolute Gasteiger partial charge is 0.335 e. The van der Waals surface area contributed by atoms with Gasteiger partial charge < -0.3 is 10.2 Å². The average Bonchev–Trinajstić information content (AvgIpc) is 3.28. The zero-order valence-electron chi connectivity index (χ0n) is 12.1. The van der Waals surface area contributed by atoms with Crippen molar-refractivity contribution < 1.29 is 4.79 Å². The fourth-order valence-corrected chi connectivity index (χ4v) is 2.90. The zero-order chi connectivity index (χ0) is 13.9. The van der Waals surface area contributed by atoms with Crippen LogP contribution in [-0.2, 0) is 17.8 Å². The Hall–Kier alpha value is -1.42. The molecule has 0 radical (unpaired) electrons. The Morgan fingerprint density at radius 1 is 1.40 bits per heavy atom. The lowest BCUT2D eigenvalue weighted by molar-refractivity contribution is -0.136. The first-order chi connectivity index (χ1) is 9.78. The third-order valence-electron chi connectivity index (χ3n) is 4.25. The van der Waals surface area contributed by atoms with Gasteiger partial charge in [-0.3, -0.25) is 9.78 Å². The van der Waals surface area contributed by atoms with Crippen LogP contribution in [-0.4, -0.2) is 34.4 Å². The van der Waals surface area contributed by atoms with Crippen molar-refractivity contribution in [2.75, 3.05) is 6.54 Å². The van der Waals surface area contributed by atoms with E-state index < -0.39 is 0 Å². The number of rotatable bonds is 5. The smallest absolute Gasteiger partial charge is 0.240 e. The molecule has 2 heterocycles. The first kappa shape index (κ1) is 13.6. The monoisotopic (exact) mass is 273 g/mol. The second-order valence-corrected chi connectivity index (χ2v) is 5.86. The summed E-state index contributed by atoms with van der Waals surface area (Å²) in [6.07, 6.45) is 7.31. The molecule has 1 aromatic heterocycles. The van der Waals surface area contributed by atoms with Gasteiger partial charge in [0.05, 0.1) is 18.3 Å². The first-order valence-corrected chi connectivity index (χ1v) is 7.75. The van der Waals surface area contributed by atoms with E-state index >= 15 is 0 Å². The van der Waals surface area contributed by atoms with Gasteiger partial charge in [-0.05, 0) is 43.7 Å². The van der Waals surface area contributed by atoms with E-state index in [0.29, 0.717) is 12.6 Å². The quantitative estimate of drug-likeness (QED) is 0.891. The molecule has 4 nitrogen and oxygen atoms in total. The van der Waals surface area contributed by atoms with E-state index in [4.69, 9.17) is 0 Å². The van der Waals surface area contributed by atoms with Crippen molar-refractivity contribution in [3.8, 4) is 0 Å². The van der Waals surface area contributed by atoms with Crippen LogP contribution >= 0.6 is 0 Å². The topological polar surface area (TPSA) is 45.2 Å². The van der Waals surface area contributed by atoms with E-state index in [0.717, 1.165) is 31.5 Å². The number of amides is 1. The molecule has 1 aromatic rings. The molecule has 2 fully saturated rings. The number of pyridine rings is 1. The minimum absolute atomic E-state index is 0.0324. The van der Waals surface area contributed by atoms with Gasteiger partial charge in [0, 0.05) is 18.8 Å². The van der Waals surface area contributed by atoms with Crippen LogP contribution < -0.4 is 5.32 Å². The lowest BCUT2D eigenvalue weighted by Gasteiger charge is -2.33. The maximum atomic E-state index is 12.5. The number of piperidine rings is 1. The van der Waals surface area contributed by atoms with Crippen molar-refractivity contribution in [1.82, 2.24) is 15.2 Å². The lowest BCUT2D eigenvalue weighted by Crippen LogP contribution is -2.51. The summed E-state index contributed by atoms with van der Waals surface area (Å²) in [6, 6.07) is 4.70. The molecule has 0 bridgehead atoms. The van der Waals surface area contributed by atoms with Crippen molar-refractivity contribution >= 4 is 5.91 Å². The Morgan fingerprint density at radius 2 is 2.25 bits per heavy atom. The van der Waals surface area contributed by atoms with Gasteiger partial charge in [0.15, 0.2) is 0 Å². The van der Waals surface area contributed by atoms with E-state index in [9.17, 15) is 4.79 Å². The maximum Gasteiger partial charge on any atom is 0.240 e. The molecule has 20 heavy (non-hydrogen) atoms. The van der Waals surface area contributed by atoms with Gasteiger partial charge in [0.2, 0.25) is 5.91 Å². The maximum absolute atomic E-state index is 12.5. The van der Waals surface area contributed by atoms with E-state index in [1.807, 2.05) is 17.2 Å². The van der Waals surface area contributed by atoms with Crippen LogP contribution in [0.2, 0.25) is 0 Å². The predicted octanol–water partition coefficient (Wildman–Crippen LogP) is 1.89. The minimum Gasteiger partial charge on any atom is -0.335 e. The van der Waals surface area contributed by atoms with Crippen LogP contribution in [0, 0.1) is 0 Å². The molecule has 2 aliphatic rings.